The van der Waals surface area contributed by atoms with Crippen molar-refractivity contribution in [1.29, 1.82) is 0 Å². The summed E-state index contributed by atoms with van der Waals surface area (Å²) in [5, 5.41) is 10.4. The highest BCUT2D eigenvalue weighted by molar-refractivity contribution is 5.75. The molecule has 4 nitrogen and oxygen atoms in total. The van der Waals surface area contributed by atoms with Gasteiger partial charge in [-0.15, -0.1) is 0 Å². The molecule has 1 atom stereocenters. The second-order valence-electron chi connectivity index (χ2n) is 5.36. The van der Waals surface area contributed by atoms with Crippen LogP contribution in [-0.4, -0.2) is 14.7 Å². The van der Waals surface area contributed by atoms with Crippen LogP contribution in [0.2, 0.25) is 0 Å². The van der Waals surface area contributed by atoms with Crippen LogP contribution in [0.15, 0.2) is 41.0 Å². The van der Waals surface area contributed by atoms with Gasteiger partial charge in [-0.2, -0.15) is 0 Å². The zero-order chi connectivity index (χ0) is 14.8. The number of aryl methyl sites for hydroxylation is 2. The number of fused-ring (bicyclic) bond motifs is 1. The van der Waals surface area contributed by atoms with Gasteiger partial charge in [0.1, 0.15) is 17.7 Å². The van der Waals surface area contributed by atoms with Crippen molar-refractivity contribution in [3.8, 4) is 0 Å². The highest BCUT2D eigenvalue weighted by Crippen LogP contribution is 2.24. The van der Waals surface area contributed by atoms with Gasteiger partial charge in [0.05, 0.1) is 17.3 Å². The second-order valence-corrected chi connectivity index (χ2v) is 5.36. The molecule has 0 aliphatic heterocycles. The Morgan fingerprint density at radius 1 is 1.29 bits per heavy atom. The summed E-state index contributed by atoms with van der Waals surface area (Å²) in [6.07, 6.45) is 2.45. The summed E-state index contributed by atoms with van der Waals surface area (Å²) in [7, 11) is 0. The molecule has 1 aromatic carbocycles. The lowest BCUT2D eigenvalue weighted by Crippen LogP contribution is -2.09. The lowest BCUT2D eigenvalue weighted by Gasteiger charge is -2.11. The number of aliphatic hydroxyl groups is 1. The van der Waals surface area contributed by atoms with Gasteiger partial charge in [0.2, 0.25) is 0 Å². The first kappa shape index (κ1) is 13.9. The van der Waals surface area contributed by atoms with Gasteiger partial charge >= 0.3 is 0 Å². The number of aromatic nitrogens is 2. The Bertz CT molecular complexity index is 742. The molecule has 4 heteroatoms. The van der Waals surface area contributed by atoms with Crippen LogP contribution in [0.3, 0.4) is 0 Å². The lowest BCUT2D eigenvalue weighted by molar-refractivity contribution is 0.146. The summed E-state index contributed by atoms with van der Waals surface area (Å²) in [6, 6.07) is 9.96. The summed E-state index contributed by atoms with van der Waals surface area (Å²) in [6.45, 7) is 4.99. The average molecular weight is 284 g/mol. The fraction of sp³-hybridized carbons (Fsp3) is 0.353. The third kappa shape index (κ3) is 2.59. The summed E-state index contributed by atoms with van der Waals surface area (Å²) < 4.78 is 7.58. The molecule has 2 aromatic heterocycles. The maximum absolute atomic E-state index is 10.4. The van der Waals surface area contributed by atoms with E-state index in [1.807, 2.05) is 31.2 Å². The molecule has 0 saturated carbocycles. The van der Waals surface area contributed by atoms with Gasteiger partial charge in [0.25, 0.3) is 0 Å². The second kappa shape index (κ2) is 5.74. The Labute approximate surface area is 124 Å². The predicted molar refractivity (Wildman–Crippen MR) is 82.1 cm³/mol. The summed E-state index contributed by atoms with van der Waals surface area (Å²) in [5.41, 5.74) is 3.07. The van der Waals surface area contributed by atoms with E-state index in [1.54, 1.807) is 6.26 Å². The molecule has 1 N–H and O–H groups in total. The molecule has 0 fully saturated rings. The Morgan fingerprint density at radius 2 is 2.10 bits per heavy atom. The van der Waals surface area contributed by atoms with Crippen LogP contribution in [-0.2, 0) is 13.0 Å². The minimum Gasteiger partial charge on any atom is -0.466 e. The van der Waals surface area contributed by atoms with Crippen LogP contribution < -0.4 is 0 Å². The third-order valence-corrected chi connectivity index (χ3v) is 3.76. The maximum Gasteiger partial charge on any atom is 0.135 e. The molecular weight excluding hydrogens is 264 g/mol. The highest BCUT2D eigenvalue weighted by Gasteiger charge is 2.19. The monoisotopic (exact) mass is 284 g/mol. The SMILES string of the molecule is CCCn1c(CC(O)c2occc2C)nc2ccccc21. The first-order chi connectivity index (χ1) is 10.2. The van der Waals surface area contributed by atoms with E-state index >= 15 is 0 Å². The van der Waals surface area contributed by atoms with Crippen molar-refractivity contribution in [1.82, 2.24) is 9.55 Å². The fourth-order valence-corrected chi connectivity index (χ4v) is 2.75. The molecule has 0 amide bonds. The van der Waals surface area contributed by atoms with Gasteiger partial charge in [0.15, 0.2) is 0 Å². The van der Waals surface area contributed by atoms with Gasteiger partial charge < -0.3 is 14.1 Å². The van der Waals surface area contributed by atoms with E-state index in [1.165, 1.54) is 0 Å². The van der Waals surface area contributed by atoms with Crippen molar-refractivity contribution in [3.05, 3.63) is 53.7 Å². The minimum absolute atomic E-state index is 0.461. The van der Waals surface area contributed by atoms with Gasteiger partial charge in [0, 0.05) is 13.0 Å². The summed E-state index contributed by atoms with van der Waals surface area (Å²) >= 11 is 0. The smallest absolute Gasteiger partial charge is 0.135 e. The predicted octanol–water partition coefficient (Wildman–Crippen LogP) is 3.62. The number of benzene rings is 1. The largest absolute Gasteiger partial charge is 0.466 e. The Hall–Kier alpha value is -2.07. The molecule has 0 bridgehead atoms. The van der Waals surface area contributed by atoms with E-state index in [2.05, 4.69) is 22.5 Å². The van der Waals surface area contributed by atoms with Crippen LogP contribution in [0.5, 0.6) is 0 Å². The van der Waals surface area contributed by atoms with Crippen molar-refractivity contribution in [2.24, 2.45) is 0 Å². The zero-order valence-electron chi connectivity index (χ0n) is 12.4. The van der Waals surface area contributed by atoms with Crippen molar-refractivity contribution >= 4 is 11.0 Å². The van der Waals surface area contributed by atoms with Gasteiger partial charge in [-0.1, -0.05) is 19.1 Å². The molecule has 3 aromatic rings. The molecule has 0 aliphatic carbocycles. The molecule has 21 heavy (non-hydrogen) atoms. The Balaban J connectivity index is 1.96. The van der Waals surface area contributed by atoms with Gasteiger partial charge in [-0.25, -0.2) is 4.98 Å². The van der Waals surface area contributed by atoms with Crippen molar-refractivity contribution in [2.45, 2.75) is 39.3 Å². The molecule has 0 aliphatic rings. The molecule has 2 heterocycles. The number of hydrogen-bond donors (Lipinski definition) is 1. The van der Waals surface area contributed by atoms with Crippen molar-refractivity contribution in [2.75, 3.05) is 0 Å². The summed E-state index contributed by atoms with van der Waals surface area (Å²) in [4.78, 5) is 4.67. The van der Waals surface area contributed by atoms with E-state index in [9.17, 15) is 5.11 Å². The number of nitrogens with zero attached hydrogens (tertiary/aromatic N) is 2. The standard InChI is InChI=1S/C17H20N2O2/c1-3-9-19-14-7-5-4-6-13(14)18-16(19)11-15(20)17-12(2)8-10-21-17/h4-8,10,15,20H,3,9,11H2,1-2H3. The number of aliphatic hydroxyl groups excluding tert-OH is 1. The molecule has 3 rings (SSSR count). The molecule has 0 radical (unpaired) electrons. The van der Waals surface area contributed by atoms with Gasteiger partial charge in [-0.3, -0.25) is 0 Å². The van der Waals surface area contributed by atoms with E-state index in [0.29, 0.717) is 12.2 Å². The molecule has 0 spiro atoms. The Morgan fingerprint density at radius 3 is 2.81 bits per heavy atom. The minimum atomic E-state index is -0.660. The maximum atomic E-state index is 10.4. The molecular formula is C17H20N2O2. The highest BCUT2D eigenvalue weighted by atomic mass is 16.4. The molecule has 0 saturated heterocycles. The van der Waals surface area contributed by atoms with E-state index in [-0.39, 0.29) is 0 Å². The van der Waals surface area contributed by atoms with Crippen molar-refractivity contribution < 1.29 is 9.52 Å². The van der Waals surface area contributed by atoms with Crippen molar-refractivity contribution in [3.63, 3.8) is 0 Å². The molecule has 110 valence electrons. The number of hydrogen-bond acceptors (Lipinski definition) is 3. The summed E-state index contributed by atoms with van der Waals surface area (Å²) in [5.74, 6) is 1.53. The number of furan rings is 1. The number of rotatable bonds is 5. The zero-order valence-corrected chi connectivity index (χ0v) is 12.4. The van der Waals surface area contributed by atoms with Crippen LogP contribution in [0.4, 0.5) is 0 Å². The molecule has 1 unspecified atom stereocenters. The first-order valence-corrected chi connectivity index (χ1v) is 7.37. The first-order valence-electron chi connectivity index (χ1n) is 7.37. The normalized spacial score (nSPS) is 12.9. The van der Waals surface area contributed by atoms with E-state index < -0.39 is 6.10 Å². The quantitative estimate of drug-likeness (QED) is 0.778. The fourth-order valence-electron chi connectivity index (χ4n) is 2.75. The third-order valence-electron chi connectivity index (χ3n) is 3.76. The number of imidazole rings is 1. The average Bonchev–Trinajstić information content (AvgIpc) is 3.04. The van der Waals surface area contributed by atoms with E-state index in [4.69, 9.17) is 4.42 Å². The van der Waals surface area contributed by atoms with Gasteiger partial charge in [-0.05, 0) is 37.1 Å². The van der Waals surface area contributed by atoms with Crippen LogP contribution in [0.1, 0.15) is 36.6 Å². The van der Waals surface area contributed by atoms with E-state index in [0.717, 1.165) is 35.4 Å². The number of para-hydroxylation sites is 2. The topological polar surface area (TPSA) is 51.2 Å². The lowest BCUT2D eigenvalue weighted by atomic mass is 10.1. The van der Waals surface area contributed by atoms with Crippen LogP contribution in [0, 0.1) is 6.92 Å². The Kier molecular flexibility index (Phi) is 3.80. The van der Waals surface area contributed by atoms with Crippen LogP contribution >= 0.6 is 0 Å². The van der Waals surface area contributed by atoms with Crippen LogP contribution in [0.25, 0.3) is 11.0 Å².